The standard InChI is InChI=1S/C57H37N3/c1-3-13-38(14-4-1)45-18-11-20-47(35-45)54-37-53(59-57(60-54)48-21-12-19-46(36-48)39-15-5-2-6-16-39)43-29-25-40(26-30-43)41-27-31-44(32-28-41)56-51-34-33-42-17-7-8-22-49(42)55(51)50-23-9-10-24-52(50)58-56/h1-37H. The van der Waals surface area contributed by atoms with Crippen LogP contribution in [-0.2, 0) is 0 Å². The number of rotatable bonds is 7. The monoisotopic (exact) mass is 763 g/mol. The average molecular weight is 764 g/mol. The third kappa shape index (κ3) is 6.58. The van der Waals surface area contributed by atoms with E-state index in [0.29, 0.717) is 5.82 Å². The molecule has 0 aliphatic heterocycles. The van der Waals surface area contributed by atoms with E-state index in [1.807, 2.05) is 12.1 Å². The topological polar surface area (TPSA) is 38.7 Å². The highest BCUT2D eigenvalue weighted by molar-refractivity contribution is 6.22. The molecule has 11 aromatic rings. The van der Waals surface area contributed by atoms with Crippen molar-refractivity contribution in [3.63, 3.8) is 0 Å². The van der Waals surface area contributed by atoms with Crippen molar-refractivity contribution < 1.29 is 0 Å². The molecule has 0 saturated heterocycles. The summed E-state index contributed by atoms with van der Waals surface area (Å²) in [4.78, 5) is 15.6. The number of nitrogens with zero attached hydrogens (tertiary/aromatic N) is 3. The molecular weight excluding hydrogens is 727 g/mol. The lowest BCUT2D eigenvalue weighted by atomic mass is 9.94. The van der Waals surface area contributed by atoms with E-state index in [4.69, 9.17) is 15.0 Å². The Balaban J connectivity index is 0.962. The van der Waals surface area contributed by atoms with Gasteiger partial charge < -0.3 is 0 Å². The summed E-state index contributed by atoms with van der Waals surface area (Å²) < 4.78 is 0. The van der Waals surface area contributed by atoms with Crippen molar-refractivity contribution in [2.45, 2.75) is 0 Å². The van der Waals surface area contributed by atoms with E-state index in [1.54, 1.807) is 0 Å². The van der Waals surface area contributed by atoms with Gasteiger partial charge in [-0.05, 0) is 68.4 Å². The number of fused-ring (bicyclic) bond motifs is 5. The van der Waals surface area contributed by atoms with Gasteiger partial charge >= 0.3 is 0 Å². The van der Waals surface area contributed by atoms with E-state index in [-0.39, 0.29) is 0 Å². The van der Waals surface area contributed by atoms with E-state index in [1.165, 1.54) is 27.1 Å². The lowest BCUT2D eigenvalue weighted by Gasteiger charge is -2.13. The summed E-state index contributed by atoms with van der Waals surface area (Å²) in [6.07, 6.45) is 0. The van der Waals surface area contributed by atoms with Crippen LogP contribution in [0.15, 0.2) is 224 Å². The summed E-state index contributed by atoms with van der Waals surface area (Å²) in [7, 11) is 0. The molecule has 0 fully saturated rings. The highest BCUT2D eigenvalue weighted by Crippen LogP contribution is 2.38. The van der Waals surface area contributed by atoms with Gasteiger partial charge in [0.15, 0.2) is 5.82 Å². The second-order valence-corrected chi connectivity index (χ2v) is 15.2. The Morgan fingerprint density at radius 3 is 1.42 bits per heavy atom. The minimum absolute atomic E-state index is 0.688. The molecule has 0 aliphatic carbocycles. The summed E-state index contributed by atoms with van der Waals surface area (Å²) in [6, 6.07) is 79.2. The van der Waals surface area contributed by atoms with Gasteiger partial charge in [0.25, 0.3) is 0 Å². The maximum Gasteiger partial charge on any atom is 0.160 e. The van der Waals surface area contributed by atoms with Crippen molar-refractivity contribution in [1.82, 2.24) is 15.0 Å². The molecule has 0 unspecified atom stereocenters. The number of benzene rings is 9. The van der Waals surface area contributed by atoms with Crippen molar-refractivity contribution in [1.29, 1.82) is 0 Å². The molecular formula is C57H37N3. The van der Waals surface area contributed by atoms with Crippen molar-refractivity contribution >= 4 is 32.4 Å². The van der Waals surface area contributed by atoms with Gasteiger partial charge in [0, 0.05) is 38.4 Å². The van der Waals surface area contributed by atoms with Crippen molar-refractivity contribution in [3.8, 4) is 78.5 Å². The second kappa shape index (κ2) is 15.1. The van der Waals surface area contributed by atoms with Gasteiger partial charge in [0.2, 0.25) is 0 Å². The van der Waals surface area contributed by atoms with E-state index in [2.05, 4.69) is 212 Å². The van der Waals surface area contributed by atoms with E-state index in [0.717, 1.165) is 78.1 Å². The maximum absolute atomic E-state index is 5.21. The van der Waals surface area contributed by atoms with Crippen LogP contribution in [0.2, 0.25) is 0 Å². The molecule has 0 N–H and O–H groups in total. The van der Waals surface area contributed by atoms with Crippen LogP contribution in [0.1, 0.15) is 0 Å². The third-order valence-corrected chi connectivity index (χ3v) is 11.5. The van der Waals surface area contributed by atoms with E-state index < -0.39 is 0 Å². The number of hydrogen-bond donors (Lipinski definition) is 0. The Bertz CT molecular complexity index is 3220. The molecule has 0 amide bonds. The zero-order valence-corrected chi connectivity index (χ0v) is 32.7. The molecule has 280 valence electrons. The van der Waals surface area contributed by atoms with Gasteiger partial charge in [0.1, 0.15) is 0 Å². The highest BCUT2D eigenvalue weighted by Gasteiger charge is 2.15. The molecule has 0 aliphatic rings. The smallest absolute Gasteiger partial charge is 0.160 e. The largest absolute Gasteiger partial charge is 0.247 e. The maximum atomic E-state index is 5.21. The van der Waals surface area contributed by atoms with Crippen LogP contribution in [-0.4, -0.2) is 15.0 Å². The molecule has 2 heterocycles. The quantitative estimate of drug-likeness (QED) is 0.152. The van der Waals surface area contributed by atoms with Gasteiger partial charge in [-0.3, -0.25) is 0 Å². The zero-order valence-electron chi connectivity index (χ0n) is 32.7. The van der Waals surface area contributed by atoms with Crippen LogP contribution in [0.3, 0.4) is 0 Å². The molecule has 0 atom stereocenters. The van der Waals surface area contributed by atoms with Gasteiger partial charge in [-0.2, -0.15) is 0 Å². The lowest BCUT2D eigenvalue weighted by Crippen LogP contribution is -1.96. The second-order valence-electron chi connectivity index (χ2n) is 15.2. The molecule has 2 aromatic heterocycles. The predicted molar refractivity (Wildman–Crippen MR) is 250 cm³/mol. The van der Waals surface area contributed by atoms with Gasteiger partial charge in [-0.25, -0.2) is 15.0 Å². The fraction of sp³-hybridized carbons (Fsp3) is 0. The van der Waals surface area contributed by atoms with Crippen LogP contribution in [0.4, 0.5) is 0 Å². The summed E-state index contributed by atoms with van der Waals surface area (Å²) in [5, 5.41) is 6.06. The summed E-state index contributed by atoms with van der Waals surface area (Å²) in [5.74, 6) is 0.688. The fourth-order valence-corrected chi connectivity index (χ4v) is 8.43. The fourth-order valence-electron chi connectivity index (χ4n) is 8.43. The van der Waals surface area contributed by atoms with E-state index in [9.17, 15) is 0 Å². The summed E-state index contributed by atoms with van der Waals surface area (Å²) in [5.41, 5.74) is 14.7. The Labute approximate surface area is 349 Å². The van der Waals surface area contributed by atoms with Gasteiger partial charge in [0.05, 0.1) is 22.6 Å². The first-order valence-corrected chi connectivity index (χ1v) is 20.3. The molecule has 3 heteroatoms. The minimum atomic E-state index is 0.688. The predicted octanol–water partition coefficient (Wildman–Crippen LogP) is 15.0. The van der Waals surface area contributed by atoms with Crippen molar-refractivity contribution in [2.24, 2.45) is 0 Å². The Hall–Kier alpha value is -8.01. The number of para-hydroxylation sites is 1. The van der Waals surface area contributed by atoms with Crippen LogP contribution in [0.25, 0.3) is 111 Å². The Morgan fingerprint density at radius 1 is 0.250 bits per heavy atom. The van der Waals surface area contributed by atoms with Crippen molar-refractivity contribution in [3.05, 3.63) is 224 Å². The first kappa shape index (κ1) is 35.2. The highest BCUT2D eigenvalue weighted by atomic mass is 14.9. The van der Waals surface area contributed by atoms with Crippen molar-refractivity contribution in [2.75, 3.05) is 0 Å². The Morgan fingerprint density at radius 2 is 0.733 bits per heavy atom. The Kier molecular flexibility index (Phi) is 8.83. The van der Waals surface area contributed by atoms with Gasteiger partial charge in [-0.1, -0.05) is 200 Å². The summed E-state index contributed by atoms with van der Waals surface area (Å²) >= 11 is 0. The molecule has 9 aromatic carbocycles. The molecule has 60 heavy (non-hydrogen) atoms. The van der Waals surface area contributed by atoms with Crippen LogP contribution < -0.4 is 0 Å². The number of aromatic nitrogens is 3. The first-order chi connectivity index (χ1) is 29.7. The lowest BCUT2D eigenvalue weighted by molar-refractivity contribution is 1.18. The average Bonchev–Trinajstić information content (AvgIpc) is 3.34. The molecule has 0 bridgehead atoms. The molecule has 0 saturated carbocycles. The number of pyridine rings is 1. The van der Waals surface area contributed by atoms with E-state index >= 15 is 0 Å². The SMILES string of the molecule is c1ccc(-c2cccc(-c3cc(-c4ccc(-c5ccc(-c6nc7ccccc7c7c6ccc6ccccc67)cc5)cc4)nc(-c4cccc(-c5ccccc5)c4)n3)c2)cc1. The first-order valence-electron chi connectivity index (χ1n) is 20.3. The molecule has 0 spiro atoms. The normalized spacial score (nSPS) is 11.3. The third-order valence-electron chi connectivity index (χ3n) is 11.5. The minimum Gasteiger partial charge on any atom is -0.247 e. The van der Waals surface area contributed by atoms with Crippen LogP contribution in [0.5, 0.6) is 0 Å². The van der Waals surface area contributed by atoms with Crippen LogP contribution >= 0.6 is 0 Å². The van der Waals surface area contributed by atoms with Gasteiger partial charge in [-0.15, -0.1) is 0 Å². The number of hydrogen-bond acceptors (Lipinski definition) is 3. The molecule has 0 radical (unpaired) electrons. The summed E-state index contributed by atoms with van der Waals surface area (Å²) in [6.45, 7) is 0. The molecule has 3 nitrogen and oxygen atoms in total. The molecule has 11 rings (SSSR count). The van der Waals surface area contributed by atoms with Crippen LogP contribution in [0, 0.1) is 0 Å². The zero-order chi connectivity index (χ0) is 39.8.